The van der Waals surface area contributed by atoms with E-state index in [1.54, 1.807) is 12.5 Å². The van der Waals surface area contributed by atoms with Gasteiger partial charge in [0, 0.05) is 82.4 Å². The molecule has 474 valence electrons. The van der Waals surface area contributed by atoms with Crippen molar-refractivity contribution < 1.29 is 77.4 Å². The highest BCUT2D eigenvalue weighted by molar-refractivity contribution is 5.86. The van der Waals surface area contributed by atoms with E-state index >= 15 is 0 Å². The van der Waals surface area contributed by atoms with Crippen molar-refractivity contribution in [3.8, 4) is 0 Å². The summed E-state index contributed by atoms with van der Waals surface area (Å²) in [6, 6.07) is 0. The van der Waals surface area contributed by atoms with Crippen molar-refractivity contribution in [3.63, 3.8) is 0 Å². The van der Waals surface area contributed by atoms with Gasteiger partial charge in [-0.2, -0.15) is 0 Å². The van der Waals surface area contributed by atoms with E-state index in [-0.39, 0.29) is 133 Å². The standard InChI is InChI=1S/C62H105N5O16/c68-54(21-17-13-11-9-7-5-3-1-2-4-6-8-10-12-14-19-23-60(74)75)31-26-49-24-27-50(28-25-49)57(71)42-51(61(76)77)29-33-58(72)65-34-36-80-39-41-83-47-59(73)66-35-37-81-38-40-82-46-56(70)22-18-15-16-20-52(62(78)79)43-63-45-55(69)32-30-53-44-64-48-67-53/h44,48-52,63H,1-43,45-47H2,(H,64,67)(H,65,72)(H,66,73)(H,74,75)(H,76,77)(H,78,79)/t49?,50?,51-,52-/m1/s1. The van der Waals surface area contributed by atoms with Crippen LogP contribution in [-0.2, 0) is 68.5 Å². The van der Waals surface area contributed by atoms with Crippen LogP contribution >= 0.6 is 0 Å². The Morgan fingerprint density at radius 1 is 0.518 bits per heavy atom. The number of amides is 2. The van der Waals surface area contributed by atoms with Crippen molar-refractivity contribution >= 4 is 52.9 Å². The molecule has 1 aliphatic rings. The van der Waals surface area contributed by atoms with Crippen LogP contribution in [0.25, 0.3) is 0 Å². The summed E-state index contributed by atoms with van der Waals surface area (Å²) in [7, 11) is 0. The molecule has 0 unspecified atom stereocenters. The summed E-state index contributed by atoms with van der Waals surface area (Å²) < 4.78 is 21.6. The highest BCUT2D eigenvalue weighted by Crippen LogP contribution is 2.34. The Labute approximate surface area is 493 Å². The first kappa shape index (κ1) is 74.1. The van der Waals surface area contributed by atoms with Crippen molar-refractivity contribution in [2.24, 2.45) is 23.7 Å². The van der Waals surface area contributed by atoms with Crippen molar-refractivity contribution in [2.45, 2.75) is 218 Å². The average molecular weight is 1180 g/mol. The zero-order valence-corrected chi connectivity index (χ0v) is 50.1. The minimum Gasteiger partial charge on any atom is -0.481 e. The Bertz CT molecular complexity index is 1930. The van der Waals surface area contributed by atoms with Gasteiger partial charge in [-0.3, -0.25) is 43.2 Å². The molecule has 83 heavy (non-hydrogen) atoms. The number of carbonyl (C=O) groups is 9. The molecule has 1 fully saturated rings. The molecular formula is C62H105N5O16. The van der Waals surface area contributed by atoms with E-state index in [9.17, 15) is 53.4 Å². The van der Waals surface area contributed by atoms with Crippen LogP contribution in [0.4, 0.5) is 0 Å². The van der Waals surface area contributed by atoms with Gasteiger partial charge < -0.3 is 55.2 Å². The number of Topliss-reactive ketones (excluding diaryl/α,β-unsaturated/α-hetero) is 4. The zero-order valence-electron chi connectivity index (χ0n) is 50.1. The van der Waals surface area contributed by atoms with E-state index in [0.29, 0.717) is 88.8 Å². The lowest BCUT2D eigenvalue weighted by atomic mass is 9.76. The fourth-order valence-corrected chi connectivity index (χ4v) is 10.3. The first-order valence-electron chi connectivity index (χ1n) is 31.5. The molecule has 21 nitrogen and oxygen atoms in total. The van der Waals surface area contributed by atoms with Crippen LogP contribution in [0, 0.1) is 23.7 Å². The van der Waals surface area contributed by atoms with Crippen LogP contribution in [0.1, 0.15) is 218 Å². The van der Waals surface area contributed by atoms with Crippen molar-refractivity contribution in [1.29, 1.82) is 0 Å². The fourth-order valence-electron chi connectivity index (χ4n) is 10.3. The van der Waals surface area contributed by atoms with E-state index in [1.165, 1.54) is 70.6 Å². The number of carboxylic acids is 3. The molecular weight excluding hydrogens is 1070 g/mol. The summed E-state index contributed by atoms with van der Waals surface area (Å²) in [5.74, 6) is -4.48. The maximum atomic E-state index is 13.1. The largest absolute Gasteiger partial charge is 0.481 e. The van der Waals surface area contributed by atoms with Gasteiger partial charge in [-0.15, -0.1) is 0 Å². The van der Waals surface area contributed by atoms with E-state index in [1.807, 2.05) is 0 Å². The number of aryl methyl sites for hydroxylation is 1. The van der Waals surface area contributed by atoms with E-state index in [2.05, 4.69) is 25.9 Å². The Balaban J connectivity index is 1.35. The molecule has 2 rings (SSSR count). The molecule has 0 aromatic carbocycles. The smallest absolute Gasteiger partial charge is 0.307 e. The molecule has 2 atom stereocenters. The van der Waals surface area contributed by atoms with Crippen molar-refractivity contribution in [1.82, 2.24) is 25.9 Å². The molecule has 2 amide bonds. The van der Waals surface area contributed by atoms with Gasteiger partial charge >= 0.3 is 17.9 Å². The maximum absolute atomic E-state index is 13.1. The Morgan fingerprint density at radius 3 is 1.59 bits per heavy atom. The van der Waals surface area contributed by atoms with E-state index in [0.717, 1.165) is 57.1 Å². The molecule has 0 spiro atoms. The van der Waals surface area contributed by atoms with Gasteiger partial charge in [0.15, 0.2) is 5.78 Å². The number of hydrogen-bond donors (Lipinski definition) is 7. The number of carbonyl (C=O) groups excluding carboxylic acids is 6. The molecule has 0 aliphatic heterocycles. The van der Waals surface area contributed by atoms with Gasteiger partial charge in [0.2, 0.25) is 11.8 Å². The highest BCUT2D eigenvalue weighted by Gasteiger charge is 2.30. The highest BCUT2D eigenvalue weighted by atomic mass is 16.5. The number of nitrogens with zero attached hydrogens (tertiary/aromatic N) is 1. The summed E-state index contributed by atoms with van der Waals surface area (Å²) in [6.45, 7) is 1.77. The molecule has 1 aliphatic carbocycles. The molecule has 21 heteroatoms. The van der Waals surface area contributed by atoms with Crippen LogP contribution in [0.5, 0.6) is 0 Å². The topological polar surface area (TPSA) is 316 Å². The van der Waals surface area contributed by atoms with Gasteiger partial charge in [-0.05, 0) is 76.5 Å². The second-order valence-electron chi connectivity index (χ2n) is 22.5. The Hall–Kier alpha value is -4.96. The number of hydrogen-bond acceptors (Lipinski definition) is 15. The minimum absolute atomic E-state index is 0.00247. The lowest BCUT2D eigenvalue weighted by Crippen LogP contribution is -2.32. The van der Waals surface area contributed by atoms with Crippen molar-refractivity contribution in [3.05, 3.63) is 18.2 Å². The van der Waals surface area contributed by atoms with E-state index in [4.69, 9.17) is 24.1 Å². The second kappa shape index (κ2) is 50.4. The molecule has 0 bridgehead atoms. The third-order valence-corrected chi connectivity index (χ3v) is 15.4. The molecule has 1 heterocycles. The Kier molecular flexibility index (Phi) is 45.0. The van der Waals surface area contributed by atoms with Crippen LogP contribution in [-0.4, -0.2) is 157 Å². The number of imidazole rings is 1. The van der Waals surface area contributed by atoms with Gasteiger partial charge in [0.05, 0.1) is 64.3 Å². The SMILES string of the molecule is O=C(O)CCCCCCCCCCCCCCCCCCC(=O)CCC1CCC(C(=O)C[C@@H](CCC(=O)NCCOCCOCC(=O)NCCOCCOCC(=O)CCCCC[C@H](CNCC(=O)CCc2cnc[nH]2)C(=O)O)C(=O)O)CC1. The normalized spacial score (nSPS) is 14.9. The number of aromatic amines is 1. The van der Waals surface area contributed by atoms with Crippen LogP contribution in [0.15, 0.2) is 12.5 Å². The summed E-state index contributed by atoms with van der Waals surface area (Å²) in [6.07, 6.45) is 31.2. The molecule has 1 saturated carbocycles. The number of aromatic nitrogens is 2. The van der Waals surface area contributed by atoms with Gasteiger partial charge in [0.25, 0.3) is 0 Å². The third-order valence-electron chi connectivity index (χ3n) is 15.4. The zero-order chi connectivity index (χ0) is 60.4. The monoisotopic (exact) mass is 1180 g/mol. The third kappa shape index (κ3) is 43.3. The second-order valence-corrected chi connectivity index (χ2v) is 22.5. The average Bonchev–Trinajstić information content (AvgIpc) is 3.99. The number of ketones is 4. The van der Waals surface area contributed by atoms with Crippen molar-refractivity contribution in [2.75, 3.05) is 79.0 Å². The number of H-pyrrole nitrogens is 1. The molecule has 0 radical (unpaired) electrons. The molecule has 7 N–H and O–H groups in total. The predicted octanol–water partition coefficient (Wildman–Crippen LogP) is 8.72. The summed E-state index contributed by atoms with van der Waals surface area (Å²) in [5, 5.41) is 36.4. The molecule has 0 saturated heterocycles. The van der Waals surface area contributed by atoms with E-state index < -0.39 is 29.7 Å². The number of rotatable bonds is 59. The number of carboxylic acid groups (broad SMARTS) is 3. The van der Waals surface area contributed by atoms with Crippen LogP contribution < -0.4 is 16.0 Å². The van der Waals surface area contributed by atoms with Gasteiger partial charge in [-0.25, -0.2) is 4.98 Å². The molecule has 1 aromatic heterocycles. The van der Waals surface area contributed by atoms with Gasteiger partial charge in [0.1, 0.15) is 30.6 Å². The lowest BCUT2D eigenvalue weighted by Gasteiger charge is -2.28. The minimum atomic E-state index is -1.09. The quantitative estimate of drug-likeness (QED) is 0.0300. The lowest BCUT2D eigenvalue weighted by molar-refractivity contribution is -0.145. The first-order valence-corrected chi connectivity index (χ1v) is 31.5. The van der Waals surface area contributed by atoms with Crippen LogP contribution in [0.3, 0.4) is 0 Å². The number of aliphatic carboxylic acids is 3. The number of unbranched alkanes of at least 4 members (excludes halogenated alkanes) is 17. The first-order chi connectivity index (χ1) is 40.2. The number of nitrogens with one attached hydrogen (secondary N) is 4. The van der Waals surface area contributed by atoms with Gasteiger partial charge in [-0.1, -0.05) is 103 Å². The maximum Gasteiger partial charge on any atom is 0.307 e. The predicted molar refractivity (Wildman–Crippen MR) is 314 cm³/mol. The summed E-state index contributed by atoms with van der Waals surface area (Å²) in [4.78, 5) is 116. The number of ether oxygens (including phenoxy) is 4. The molecule has 1 aromatic rings. The van der Waals surface area contributed by atoms with Crippen LogP contribution in [0.2, 0.25) is 0 Å². The Morgan fingerprint density at radius 2 is 1.04 bits per heavy atom. The summed E-state index contributed by atoms with van der Waals surface area (Å²) >= 11 is 0. The summed E-state index contributed by atoms with van der Waals surface area (Å²) in [5.41, 5.74) is 0.872. The fraction of sp³-hybridized carbons (Fsp3) is 0.806.